The van der Waals surface area contributed by atoms with Crippen molar-refractivity contribution in [3.8, 4) is 0 Å². The minimum absolute atomic E-state index is 0.0700. The number of hydrogen-bond acceptors (Lipinski definition) is 2. The van der Waals surface area contributed by atoms with E-state index in [4.69, 9.17) is 0 Å². The van der Waals surface area contributed by atoms with Gasteiger partial charge in [-0.15, -0.1) is 0 Å². The second-order valence-corrected chi connectivity index (χ2v) is 5.91. The van der Waals surface area contributed by atoms with E-state index in [1.165, 1.54) is 18.4 Å². The van der Waals surface area contributed by atoms with Crippen LogP contribution in [0.15, 0.2) is 48.5 Å². The van der Waals surface area contributed by atoms with Gasteiger partial charge in [0.1, 0.15) is 0 Å². The maximum Gasteiger partial charge on any atom is 0.228 e. The Morgan fingerprint density at radius 1 is 1.09 bits per heavy atom. The van der Waals surface area contributed by atoms with Gasteiger partial charge >= 0.3 is 0 Å². The molecule has 122 valence electrons. The number of benzene rings is 2. The smallest absolute Gasteiger partial charge is 0.228 e. The third kappa shape index (κ3) is 5.22. The van der Waals surface area contributed by atoms with E-state index >= 15 is 0 Å². The van der Waals surface area contributed by atoms with Crippen molar-refractivity contribution in [1.29, 1.82) is 0 Å². The first-order valence-electron chi connectivity index (χ1n) is 8.24. The number of anilines is 1. The van der Waals surface area contributed by atoms with E-state index in [9.17, 15) is 9.90 Å². The molecule has 2 aromatic carbocycles. The number of aryl methyl sites for hydroxylation is 1. The molecule has 2 rings (SSSR count). The van der Waals surface area contributed by atoms with Crippen LogP contribution in [-0.2, 0) is 17.6 Å². The fourth-order valence-corrected chi connectivity index (χ4v) is 2.56. The van der Waals surface area contributed by atoms with E-state index in [0.717, 1.165) is 17.5 Å². The van der Waals surface area contributed by atoms with Crippen LogP contribution in [0.5, 0.6) is 0 Å². The summed E-state index contributed by atoms with van der Waals surface area (Å²) in [6.07, 6.45) is 3.19. The molecule has 3 heteroatoms. The minimum atomic E-state index is -0.607. The zero-order valence-electron chi connectivity index (χ0n) is 13.9. The van der Waals surface area contributed by atoms with Crippen LogP contribution in [0, 0.1) is 0 Å². The Hall–Kier alpha value is -2.13. The maximum atomic E-state index is 12.2. The molecule has 0 heterocycles. The number of carbonyl (C=O) groups excluding carboxylic acids is 1. The molecule has 0 bridgehead atoms. The van der Waals surface area contributed by atoms with Gasteiger partial charge in [-0.3, -0.25) is 4.79 Å². The normalized spacial score (nSPS) is 12.0. The quantitative estimate of drug-likeness (QED) is 0.802. The maximum absolute atomic E-state index is 12.2. The Morgan fingerprint density at radius 3 is 2.39 bits per heavy atom. The van der Waals surface area contributed by atoms with Gasteiger partial charge in [0.05, 0.1) is 12.5 Å². The fraction of sp³-hybridized carbons (Fsp3) is 0.350. The summed E-state index contributed by atoms with van der Waals surface area (Å²) in [4.78, 5) is 12.2. The van der Waals surface area contributed by atoms with Gasteiger partial charge in [-0.25, -0.2) is 0 Å². The lowest BCUT2D eigenvalue weighted by molar-refractivity contribution is -0.115. The minimum Gasteiger partial charge on any atom is -0.389 e. The summed E-state index contributed by atoms with van der Waals surface area (Å²) in [5.74, 6) is -0.0700. The molecule has 1 atom stereocenters. The Morgan fingerprint density at radius 2 is 1.74 bits per heavy atom. The molecule has 0 fully saturated rings. The van der Waals surface area contributed by atoms with Gasteiger partial charge in [0.15, 0.2) is 0 Å². The highest BCUT2D eigenvalue weighted by molar-refractivity contribution is 5.93. The van der Waals surface area contributed by atoms with Gasteiger partial charge in [-0.05, 0) is 37.0 Å². The second-order valence-electron chi connectivity index (χ2n) is 5.91. The molecule has 2 N–H and O–H groups in total. The molecule has 23 heavy (non-hydrogen) atoms. The Kier molecular flexibility index (Phi) is 6.36. The number of hydrogen-bond donors (Lipinski definition) is 2. The summed E-state index contributed by atoms with van der Waals surface area (Å²) in [5, 5.41) is 12.6. The predicted molar refractivity (Wildman–Crippen MR) is 94.5 cm³/mol. The first kappa shape index (κ1) is 17.2. The lowest BCUT2D eigenvalue weighted by atomic mass is 10.0. The van der Waals surface area contributed by atoms with Crippen LogP contribution < -0.4 is 5.32 Å². The Labute approximate surface area is 138 Å². The van der Waals surface area contributed by atoms with Gasteiger partial charge in [-0.2, -0.15) is 0 Å². The van der Waals surface area contributed by atoms with Gasteiger partial charge in [0, 0.05) is 11.3 Å². The first-order valence-corrected chi connectivity index (χ1v) is 8.24. The number of aliphatic hydroxyl groups excluding tert-OH is 1. The summed E-state index contributed by atoms with van der Waals surface area (Å²) >= 11 is 0. The van der Waals surface area contributed by atoms with E-state index in [0.29, 0.717) is 12.1 Å². The summed E-state index contributed by atoms with van der Waals surface area (Å²) in [7, 11) is 0. The van der Waals surface area contributed by atoms with Crippen LogP contribution in [0.3, 0.4) is 0 Å². The van der Waals surface area contributed by atoms with Crippen molar-refractivity contribution in [1.82, 2.24) is 0 Å². The van der Waals surface area contributed by atoms with E-state index in [1.807, 2.05) is 36.4 Å². The molecule has 0 saturated carbocycles. The van der Waals surface area contributed by atoms with Crippen LogP contribution in [0.2, 0.25) is 0 Å². The lowest BCUT2D eigenvalue weighted by Gasteiger charge is -2.13. The second kappa shape index (κ2) is 8.49. The highest BCUT2D eigenvalue weighted by Gasteiger charge is 2.10. The monoisotopic (exact) mass is 311 g/mol. The molecule has 0 saturated heterocycles. The Bertz CT molecular complexity index is 632. The summed E-state index contributed by atoms with van der Waals surface area (Å²) in [5.41, 5.74) is 3.72. The molecule has 0 aliphatic heterocycles. The van der Waals surface area contributed by atoms with E-state index in [1.54, 1.807) is 6.92 Å². The molecule has 0 aliphatic carbocycles. The van der Waals surface area contributed by atoms with Crippen molar-refractivity contribution in [2.75, 3.05) is 5.32 Å². The van der Waals surface area contributed by atoms with E-state index < -0.39 is 6.10 Å². The zero-order valence-corrected chi connectivity index (χ0v) is 13.9. The number of unbranched alkanes of at least 4 members (excludes halogenated alkanes) is 1. The van der Waals surface area contributed by atoms with Crippen molar-refractivity contribution in [3.05, 3.63) is 65.2 Å². The fourth-order valence-electron chi connectivity index (χ4n) is 2.56. The molecule has 0 radical (unpaired) electrons. The molecule has 0 aromatic heterocycles. The summed E-state index contributed by atoms with van der Waals surface area (Å²) in [6, 6.07) is 15.6. The standard InChI is InChI=1S/C20H25NO2/c1-3-4-7-16-10-12-17(13-11-16)14-20(23)21-19-9-6-5-8-18(19)15(2)22/h5-6,8-13,15,22H,3-4,7,14H2,1-2H3,(H,21,23). The predicted octanol–water partition coefficient (Wildman–Crippen LogP) is 4.26. The zero-order chi connectivity index (χ0) is 16.7. The highest BCUT2D eigenvalue weighted by atomic mass is 16.3. The highest BCUT2D eigenvalue weighted by Crippen LogP contribution is 2.22. The number of para-hydroxylation sites is 1. The van der Waals surface area contributed by atoms with Crippen LogP contribution in [0.25, 0.3) is 0 Å². The molecular formula is C20H25NO2. The van der Waals surface area contributed by atoms with Gasteiger partial charge in [0.2, 0.25) is 5.91 Å². The first-order chi connectivity index (χ1) is 11.1. The van der Waals surface area contributed by atoms with Gasteiger partial charge in [-0.1, -0.05) is 55.8 Å². The largest absolute Gasteiger partial charge is 0.389 e. The van der Waals surface area contributed by atoms with Gasteiger partial charge in [0.25, 0.3) is 0 Å². The van der Waals surface area contributed by atoms with Crippen LogP contribution in [-0.4, -0.2) is 11.0 Å². The summed E-state index contributed by atoms with van der Waals surface area (Å²) in [6.45, 7) is 3.88. The van der Waals surface area contributed by atoms with Crippen LogP contribution in [0.1, 0.15) is 49.5 Å². The van der Waals surface area contributed by atoms with Crippen molar-refractivity contribution in [2.45, 2.75) is 45.6 Å². The number of nitrogens with one attached hydrogen (secondary N) is 1. The third-order valence-corrected chi connectivity index (χ3v) is 3.89. The van der Waals surface area contributed by atoms with Crippen molar-refractivity contribution in [2.24, 2.45) is 0 Å². The van der Waals surface area contributed by atoms with Gasteiger partial charge < -0.3 is 10.4 Å². The van der Waals surface area contributed by atoms with E-state index in [2.05, 4.69) is 24.4 Å². The van der Waals surface area contributed by atoms with Crippen LogP contribution >= 0.6 is 0 Å². The average molecular weight is 311 g/mol. The lowest BCUT2D eigenvalue weighted by Crippen LogP contribution is -2.16. The number of rotatable bonds is 7. The molecule has 1 amide bonds. The molecule has 2 aromatic rings. The van der Waals surface area contributed by atoms with Crippen LogP contribution in [0.4, 0.5) is 5.69 Å². The summed E-state index contributed by atoms with van der Waals surface area (Å²) < 4.78 is 0. The number of aliphatic hydroxyl groups is 1. The van der Waals surface area contributed by atoms with E-state index in [-0.39, 0.29) is 5.91 Å². The molecule has 1 unspecified atom stereocenters. The van der Waals surface area contributed by atoms with Crippen molar-refractivity contribution >= 4 is 11.6 Å². The third-order valence-electron chi connectivity index (χ3n) is 3.89. The number of amides is 1. The van der Waals surface area contributed by atoms with Crippen molar-refractivity contribution < 1.29 is 9.90 Å². The van der Waals surface area contributed by atoms with Crippen molar-refractivity contribution in [3.63, 3.8) is 0 Å². The average Bonchev–Trinajstić information content (AvgIpc) is 2.54. The Balaban J connectivity index is 1.97. The topological polar surface area (TPSA) is 49.3 Å². The molecule has 3 nitrogen and oxygen atoms in total. The molecule has 0 spiro atoms. The molecular weight excluding hydrogens is 286 g/mol. The SMILES string of the molecule is CCCCc1ccc(CC(=O)Nc2ccccc2C(C)O)cc1. The molecule has 0 aliphatic rings. The number of carbonyl (C=O) groups is 1.